The van der Waals surface area contributed by atoms with Crippen molar-refractivity contribution in [2.45, 2.75) is 13.3 Å². The van der Waals surface area contributed by atoms with Gasteiger partial charge in [-0.05, 0) is 37.1 Å². The van der Waals surface area contributed by atoms with E-state index >= 15 is 0 Å². The summed E-state index contributed by atoms with van der Waals surface area (Å²) in [7, 11) is 0. The normalized spacial score (nSPS) is 13.7. The zero-order valence-corrected chi connectivity index (χ0v) is 10.0. The molecule has 0 bridgehead atoms. The number of hydrogen-bond acceptors (Lipinski definition) is 4. The molecule has 1 aromatic heterocycles. The highest BCUT2D eigenvalue weighted by Crippen LogP contribution is 2.30. The van der Waals surface area contributed by atoms with Gasteiger partial charge in [0.1, 0.15) is 5.76 Å². The lowest BCUT2D eigenvalue weighted by atomic mass is 10.1. The maximum Gasteiger partial charge on any atom is 0.280 e. The number of nitrogens with zero attached hydrogens (tertiary/aromatic N) is 2. The smallest absolute Gasteiger partial charge is 0.280 e. The van der Waals surface area contributed by atoms with Gasteiger partial charge in [0.05, 0.1) is 0 Å². The van der Waals surface area contributed by atoms with Gasteiger partial charge in [0.15, 0.2) is 5.69 Å². The van der Waals surface area contributed by atoms with E-state index < -0.39 is 0 Å². The van der Waals surface area contributed by atoms with Gasteiger partial charge in [-0.1, -0.05) is 5.16 Å². The minimum absolute atomic E-state index is 0.129. The molecular weight excluding hydrogens is 230 g/mol. The minimum Gasteiger partial charge on any atom is -0.399 e. The molecule has 2 N–H and O–H groups in total. The van der Waals surface area contributed by atoms with Gasteiger partial charge in [-0.25, -0.2) is 0 Å². The van der Waals surface area contributed by atoms with E-state index in [2.05, 4.69) is 5.16 Å². The fourth-order valence-electron chi connectivity index (χ4n) is 2.24. The van der Waals surface area contributed by atoms with Crippen LogP contribution in [0.4, 0.5) is 11.4 Å². The third-order valence-electron chi connectivity index (χ3n) is 3.09. The molecule has 0 saturated heterocycles. The molecule has 0 radical (unpaired) electrons. The molecule has 1 aromatic carbocycles. The Bertz CT molecular complexity index is 618. The highest BCUT2D eigenvalue weighted by atomic mass is 16.5. The molecule has 92 valence electrons. The number of aryl methyl sites for hydroxylation is 1. The Balaban J connectivity index is 1.95. The van der Waals surface area contributed by atoms with Crippen LogP contribution in [0, 0.1) is 6.92 Å². The van der Waals surface area contributed by atoms with E-state index in [1.54, 1.807) is 24.0 Å². The van der Waals surface area contributed by atoms with Crippen LogP contribution in [0.2, 0.25) is 0 Å². The van der Waals surface area contributed by atoms with E-state index in [0.717, 1.165) is 23.4 Å². The van der Waals surface area contributed by atoms with E-state index in [0.29, 0.717) is 18.0 Å². The van der Waals surface area contributed by atoms with E-state index in [9.17, 15) is 4.79 Å². The Morgan fingerprint density at radius 1 is 1.44 bits per heavy atom. The number of carbonyl (C=O) groups is 1. The molecule has 0 atom stereocenters. The summed E-state index contributed by atoms with van der Waals surface area (Å²) in [5.41, 5.74) is 8.82. The molecule has 1 amide bonds. The van der Waals surface area contributed by atoms with Gasteiger partial charge in [0, 0.05) is 24.0 Å². The topological polar surface area (TPSA) is 72.4 Å². The number of anilines is 2. The van der Waals surface area contributed by atoms with Crippen molar-refractivity contribution in [1.29, 1.82) is 0 Å². The van der Waals surface area contributed by atoms with Gasteiger partial charge in [0.2, 0.25) is 0 Å². The standard InChI is InChI=1S/C13H13N3O2/c1-8-6-11(15-18-8)13(17)16-5-4-9-7-10(14)2-3-12(9)16/h2-3,6-7H,4-5,14H2,1H3. The first-order valence-corrected chi connectivity index (χ1v) is 5.79. The highest BCUT2D eigenvalue weighted by Gasteiger charge is 2.27. The molecule has 0 saturated carbocycles. The lowest BCUT2D eigenvalue weighted by Gasteiger charge is -2.15. The van der Waals surface area contributed by atoms with Crippen molar-refractivity contribution in [1.82, 2.24) is 5.16 Å². The van der Waals surface area contributed by atoms with Crippen LogP contribution in [0.25, 0.3) is 0 Å². The molecular formula is C13H13N3O2. The van der Waals surface area contributed by atoms with Crippen LogP contribution in [0.1, 0.15) is 21.8 Å². The summed E-state index contributed by atoms with van der Waals surface area (Å²) in [6, 6.07) is 7.25. The van der Waals surface area contributed by atoms with Crippen LogP contribution in [-0.2, 0) is 6.42 Å². The number of nitrogen functional groups attached to an aromatic ring is 1. The zero-order valence-electron chi connectivity index (χ0n) is 10.0. The van der Waals surface area contributed by atoms with Crippen molar-refractivity contribution < 1.29 is 9.32 Å². The Kier molecular flexibility index (Phi) is 2.33. The predicted molar refractivity (Wildman–Crippen MR) is 67.5 cm³/mol. The van der Waals surface area contributed by atoms with Gasteiger partial charge < -0.3 is 15.2 Å². The Morgan fingerprint density at radius 3 is 3.00 bits per heavy atom. The predicted octanol–water partition coefficient (Wildman–Crippen LogP) is 1.77. The number of nitrogens with two attached hydrogens (primary N) is 1. The molecule has 18 heavy (non-hydrogen) atoms. The summed E-state index contributed by atoms with van der Waals surface area (Å²) in [5.74, 6) is 0.505. The number of hydrogen-bond donors (Lipinski definition) is 1. The third-order valence-corrected chi connectivity index (χ3v) is 3.09. The zero-order chi connectivity index (χ0) is 12.7. The summed E-state index contributed by atoms with van der Waals surface area (Å²) >= 11 is 0. The molecule has 3 rings (SSSR count). The number of benzene rings is 1. The summed E-state index contributed by atoms with van der Waals surface area (Å²) in [6.45, 7) is 2.42. The van der Waals surface area contributed by atoms with Crippen LogP contribution in [0.15, 0.2) is 28.8 Å². The Morgan fingerprint density at radius 2 is 2.28 bits per heavy atom. The third kappa shape index (κ3) is 1.64. The number of rotatable bonds is 1. The SMILES string of the molecule is Cc1cc(C(=O)N2CCc3cc(N)ccc32)no1. The quantitative estimate of drug-likeness (QED) is 0.775. The monoisotopic (exact) mass is 243 g/mol. The summed E-state index contributed by atoms with van der Waals surface area (Å²) in [4.78, 5) is 14.0. The van der Waals surface area contributed by atoms with Gasteiger partial charge in [0.25, 0.3) is 5.91 Å². The highest BCUT2D eigenvalue weighted by molar-refractivity contribution is 6.06. The molecule has 5 heteroatoms. The van der Waals surface area contributed by atoms with Gasteiger partial charge >= 0.3 is 0 Å². The summed E-state index contributed by atoms with van der Waals surface area (Å²) in [6.07, 6.45) is 0.822. The van der Waals surface area contributed by atoms with E-state index in [1.165, 1.54) is 0 Å². The first-order valence-electron chi connectivity index (χ1n) is 5.79. The Labute approximate surface area is 104 Å². The first-order chi connectivity index (χ1) is 8.65. The maximum absolute atomic E-state index is 12.3. The summed E-state index contributed by atoms with van der Waals surface area (Å²) < 4.78 is 4.93. The molecule has 1 aliphatic heterocycles. The van der Waals surface area contributed by atoms with Crippen LogP contribution < -0.4 is 10.6 Å². The Hall–Kier alpha value is -2.30. The van der Waals surface area contributed by atoms with Crippen molar-refractivity contribution in [2.24, 2.45) is 0 Å². The van der Waals surface area contributed by atoms with Crippen molar-refractivity contribution in [2.75, 3.05) is 17.2 Å². The lowest BCUT2D eigenvalue weighted by Crippen LogP contribution is -2.29. The fraction of sp³-hybridized carbons (Fsp3) is 0.231. The fourth-order valence-corrected chi connectivity index (χ4v) is 2.24. The number of carbonyl (C=O) groups excluding carboxylic acids is 1. The van der Waals surface area contributed by atoms with Crippen LogP contribution in [-0.4, -0.2) is 17.6 Å². The van der Waals surface area contributed by atoms with Crippen molar-refractivity contribution in [3.8, 4) is 0 Å². The molecule has 0 unspecified atom stereocenters. The molecule has 0 aliphatic carbocycles. The van der Waals surface area contributed by atoms with Crippen molar-refractivity contribution >= 4 is 17.3 Å². The number of fused-ring (bicyclic) bond motifs is 1. The van der Waals surface area contributed by atoms with Crippen LogP contribution in [0.3, 0.4) is 0 Å². The molecule has 0 spiro atoms. The summed E-state index contributed by atoms with van der Waals surface area (Å²) in [5, 5.41) is 3.76. The largest absolute Gasteiger partial charge is 0.399 e. The van der Waals surface area contributed by atoms with Crippen LogP contribution >= 0.6 is 0 Å². The average molecular weight is 243 g/mol. The van der Waals surface area contributed by atoms with E-state index in [-0.39, 0.29) is 5.91 Å². The maximum atomic E-state index is 12.3. The van der Waals surface area contributed by atoms with Crippen LogP contribution in [0.5, 0.6) is 0 Å². The second-order valence-corrected chi connectivity index (χ2v) is 4.42. The van der Waals surface area contributed by atoms with Gasteiger partial charge in [-0.2, -0.15) is 0 Å². The molecule has 0 fully saturated rings. The van der Waals surface area contributed by atoms with Gasteiger partial charge in [-0.15, -0.1) is 0 Å². The van der Waals surface area contributed by atoms with Crippen molar-refractivity contribution in [3.05, 3.63) is 41.3 Å². The number of aromatic nitrogens is 1. The first kappa shape index (κ1) is 10.8. The molecule has 1 aliphatic rings. The minimum atomic E-state index is -0.129. The molecule has 5 nitrogen and oxygen atoms in total. The molecule has 2 heterocycles. The second kappa shape index (κ2) is 3.87. The average Bonchev–Trinajstić information content (AvgIpc) is 2.94. The van der Waals surface area contributed by atoms with E-state index in [4.69, 9.17) is 10.3 Å². The molecule has 2 aromatic rings. The van der Waals surface area contributed by atoms with Gasteiger partial charge in [-0.3, -0.25) is 4.79 Å². The number of amides is 1. The second-order valence-electron chi connectivity index (χ2n) is 4.42. The van der Waals surface area contributed by atoms with Crippen molar-refractivity contribution in [3.63, 3.8) is 0 Å². The lowest BCUT2D eigenvalue weighted by molar-refractivity contribution is 0.0980. The van der Waals surface area contributed by atoms with E-state index in [1.807, 2.05) is 12.1 Å².